The molecule has 1 aromatic heterocycles. The zero-order valence-electron chi connectivity index (χ0n) is 12.6. The molecule has 0 aliphatic carbocycles. The van der Waals surface area contributed by atoms with Gasteiger partial charge in [0.15, 0.2) is 0 Å². The van der Waals surface area contributed by atoms with E-state index < -0.39 is 0 Å². The molecule has 0 spiro atoms. The fourth-order valence-corrected chi connectivity index (χ4v) is 2.08. The van der Waals surface area contributed by atoms with Crippen molar-refractivity contribution in [1.29, 1.82) is 0 Å². The summed E-state index contributed by atoms with van der Waals surface area (Å²) in [4.78, 5) is 12.3. The second kappa shape index (κ2) is 6.45. The molecular formula is C16H20N4O. The lowest BCUT2D eigenvalue weighted by atomic mass is 10.1. The van der Waals surface area contributed by atoms with E-state index in [1.54, 1.807) is 13.0 Å². The number of nitrogens with one attached hydrogen (secondary N) is 1. The van der Waals surface area contributed by atoms with Crippen molar-refractivity contribution in [2.45, 2.75) is 33.4 Å². The van der Waals surface area contributed by atoms with Gasteiger partial charge in [-0.25, -0.2) is 0 Å². The molecule has 1 aromatic carbocycles. The number of nitrogens with two attached hydrogens (primary N) is 1. The maximum absolute atomic E-state index is 12.3. The molecule has 1 amide bonds. The van der Waals surface area contributed by atoms with Gasteiger partial charge in [-0.3, -0.25) is 4.79 Å². The zero-order valence-corrected chi connectivity index (χ0v) is 12.6. The first-order valence-electron chi connectivity index (χ1n) is 6.92. The van der Waals surface area contributed by atoms with Crippen molar-refractivity contribution >= 4 is 5.91 Å². The summed E-state index contributed by atoms with van der Waals surface area (Å²) in [7, 11) is 0. The second-order valence-electron chi connectivity index (χ2n) is 5.13. The third kappa shape index (κ3) is 3.64. The van der Waals surface area contributed by atoms with Crippen molar-refractivity contribution in [3.05, 3.63) is 58.4 Å². The summed E-state index contributed by atoms with van der Waals surface area (Å²) in [6, 6.07) is 9.58. The number of hydrogen-bond donors (Lipinski definition) is 2. The zero-order chi connectivity index (χ0) is 15.4. The number of carbonyl (C=O) groups excluding carboxylic acids is 1. The standard InChI is InChI=1S/C16H20N4O/c1-10-8-15(12(3)20-19-10)16(21)18-11(2)14-6-4-13(9-17)5-7-14/h4-8,11H,9,17H2,1-3H3,(H,18,21). The van der Waals surface area contributed by atoms with E-state index in [9.17, 15) is 4.79 Å². The largest absolute Gasteiger partial charge is 0.345 e. The van der Waals surface area contributed by atoms with Crippen LogP contribution in [-0.2, 0) is 6.54 Å². The van der Waals surface area contributed by atoms with Crippen molar-refractivity contribution < 1.29 is 4.79 Å². The van der Waals surface area contributed by atoms with Gasteiger partial charge in [0, 0.05) is 6.54 Å². The fourth-order valence-electron chi connectivity index (χ4n) is 2.08. The molecule has 0 radical (unpaired) electrons. The van der Waals surface area contributed by atoms with Crippen LogP contribution in [0.2, 0.25) is 0 Å². The molecule has 5 nitrogen and oxygen atoms in total. The molecule has 5 heteroatoms. The lowest BCUT2D eigenvalue weighted by molar-refractivity contribution is 0.0938. The highest BCUT2D eigenvalue weighted by Crippen LogP contribution is 2.15. The molecule has 0 saturated carbocycles. The Morgan fingerprint density at radius 2 is 1.90 bits per heavy atom. The molecule has 2 rings (SSSR count). The van der Waals surface area contributed by atoms with Crippen LogP contribution in [0.3, 0.4) is 0 Å². The lowest BCUT2D eigenvalue weighted by Gasteiger charge is -2.15. The molecule has 1 atom stereocenters. The van der Waals surface area contributed by atoms with Crippen molar-refractivity contribution in [3.8, 4) is 0 Å². The minimum Gasteiger partial charge on any atom is -0.345 e. The van der Waals surface area contributed by atoms with Gasteiger partial charge in [-0.05, 0) is 38.0 Å². The normalized spacial score (nSPS) is 12.0. The van der Waals surface area contributed by atoms with Gasteiger partial charge < -0.3 is 11.1 Å². The van der Waals surface area contributed by atoms with E-state index in [1.165, 1.54) is 0 Å². The Labute approximate surface area is 124 Å². The summed E-state index contributed by atoms with van der Waals surface area (Å²) in [5.41, 5.74) is 9.61. The molecular weight excluding hydrogens is 264 g/mol. The summed E-state index contributed by atoms with van der Waals surface area (Å²) in [6.07, 6.45) is 0. The Kier molecular flexibility index (Phi) is 4.65. The Morgan fingerprint density at radius 1 is 1.24 bits per heavy atom. The lowest BCUT2D eigenvalue weighted by Crippen LogP contribution is -2.27. The van der Waals surface area contributed by atoms with E-state index in [4.69, 9.17) is 5.73 Å². The molecule has 1 heterocycles. The van der Waals surface area contributed by atoms with E-state index in [2.05, 4.69) is 15.5 Å². The van der Waals surface area contributed by atoms with Crippen molar-refractivity contribution in [2.75, 3.05) is 0 Å². The average Bonchev–Trinajstić information content (AvgIpc) is 2.49. The third-order valence-corrected chi connectivity index (χ3v) is 3.41. The first-order valence-corrected chi connectivity index (χ1v) is 6.92. The Hall–Kier alpha value is -2.27. The minimum absolute atomic E-state index is 0.0859. The van der Waals surface area contributed by atoms with Crippen LogP contribution in [-0.4, -0.2) is 16.1 Å². The number of nitrogens with zero attached hydrogens (tertiary/aromatic N) is 2. The Bertz CT molecular complexity index is 637. The maximum Gasteiger partial charge on any atom is 0.253 e. The number of benzene rings is 1. The van der Waals surface area contributed by atoms with E-state index >= 15 is 0 Å². The van der Waals surface area contributed by atoms with Crippen molar-refractivity contribution in [1.82, 2.24) is 15.5 Å². The van der Waals surface area contributed by atoms with E-state index in [0.29, 0.717) is 17.8 Å². The number of hydrogen-bond acceptors (Lipinski definition) is 4. The predicted molar refractivity (Wildman–Crippen MR) is 81.7 cm³/mol. The highest BCUT2D eigenvalue weighted by molar-refractivity contribution is 5.95. The smallest absolute Gasteiger partial charge is 0.253 e. The minimum atomic E-state index is -0.138. The SMILES string of the molecule is Cc1cc(C(=O)NC(C)c2ccc(CN)cc2)c(C)nn1. The number of amides is 1. The summed E-state index contributed by atoms with van der Waals surface area (Å²) in [5, 5.41) is 10.9. The van der Waals surface area contributed by atoms with Gasteiger partial charge in [0.1, 0.15) is 0 Å². The number of aryl methyl sites for hydroxylation is 2. The highest BCUT2D eigenvalue weighted by atomic mass is 16.1. The van der Waals surface area contributed by atoms with Crippen LogP contribution in [0.4, 0.5) is 0 Å². The van der Waals surface area contributed by atoms with Gasteiger partial charge in [0.25, 0.3) is 5.91 Å². The third-order valence-electron chi connectivity index (χ3n) is 3.41. The molecule has 21 heavy (non-hydrogen) atoms. The van der Waals surface area contributed by atoms with Crippen molar-refractivity contribution in [2.24, 2.45) is 5.73 Å². The molecule has 0 aliphatic heterocycles. The van der Waals surface area contributed by atoms with Crippen LogP contribution in [0, 0.1) is 13.8 Å². The topological polar surface area (TPSA) is 80.9 Å². The molecule has 2 aromatic rings. The maximum atomic E-state index is 12.3. The van der Waals surface area contributed by atoms with Gasteiger partial charge in [0.05, 0.1) is 23.0 Å². The van der Waals surface area contributed by atoms with Crippen LogP contribution >= 0.6 is 0 Å². The molecule has 0 fully saturated rings. The van der Waals surface area contributed by atoms with Crippen LogP contribution in [0.15, 0.2) is 30.3 Å². The van der Waals surface area contributed by atoms with Crippen molar-refractivity contribution in [3.63, 3.8) is 0 Å². The molecule has 1 unspecified atom stereocenters. The molecule has 0 aliphatic rings. The van der Waals surface area contributed by atoms with Crippen LogP contribution in [0.5, 0.6) is 0 Å². The Balaban J connectivity index is 2.12. The summed E-state index contributed by atoms with van der Waals surface area (Å²) >= 11 is 0. The first kappa shape index (κ1) is 15.1. The van der Waals surface area contributed by atoms with Gasteiger partial charge in [-0.1, -0.05) is 24.3 Å². The van der Waals surface area contributed by atoms with Gasteiger partial charge in [-0.2, -0.15) is 10.2 Å². The quantitative estimate of drug-likeness (QED) is 0.900. The Morgan fingerprint density at radius 3 is 2.52 bits per heavy atom. The summed E-state index contributed by atoms with van der Waals surface area (Å²) in [5.74, 6) is -0.138. The number of carbonyl (C=O) groups is 1. The van der Waals surface area contributed by atoms with Crippen LogP contribution < -0.4 is 11.1 Å². The molecule has 0 bridgehead atoms. The van der Waals surface area contributed by atoms with Gasteiger partial charge in [0.2, 0.25) is 0 Å². The number of aromatic nitrogens is 2. The number of rotatable bonds is 4. The second-order valence-corrected chi connectivity index (χ2v) is 5.13. The highest BCUT2D eigenvalue weighted by Gasteiger charge is 2.14. The summed E-state index contributed by atoms with van der Waals surface area (Å²) < 4.78 is 0. The first-order chi connectivity index (χ1) is 10.0. The van der Waals surface area contributed by atoms with Crippen LogP contribution in [0.1, 0.15) is 45.8 Å². The molecule has 110 valence electrons. The van der Waals surface area contributed by atoms with Gasteiger partial charge in [-0.15, -0.1) is 0 Å². The summed E-state index contributed by atoms with van der Waals surface area (Å²) in [6.45, 7) is 6.06. The van der Waals surface area contributed by atoms with Gasteiger partial charge >= 0.3 is 0 Å². The molecule has 0 saturated heterocycles. The predicted octanol–water partition coefficient (Wildman–Crippen LogP) is 2.04. The van der Waals surface area contributed by atoms with E-state index in [0.717, 1.165) is 16.8 Å². The average molecular weight is 284 g/mol. The molecule has 3 N–H and O–H groups in total. The fraction of sp³-hybridized carbons (Fsp3) is 0.312. The monoisotopic (exact) mass is 284 g/mol. The van der Waals surface area contributed by atoms with E-state index in [1.807, 2.05) is 38.1 Å². The van der Waals surface area contributed by atoms with E-state index in [-0.39, 0.29) is 11.9 Å². The van der Waals surface area contributed by atoms with Crippen LogP contribution in [0.25, 0.3) is 0 Å².